The summed E-state index contributed by atoms with van der Waals surface area (Å²) in [6, 6.07) is 12.5. The largest absolute Gasteiger partial charge is 0.377 e. The van der Waals surface area contributed by atoms with E-state index in [2.05, 4.69) is 5.32 Å². The van der Waals surface area contributed by atoms with E-state index in [1.807, 2.05) is 24.3 Å². The van der Waals surface area contributed by atoms with E-state index < -0.39 is 5.82 Å². The molecule has 2 aromatic rings. The molecule has 0 fully saturated rings. The first kappa shape index (κ1) is 13.0. The van der Waals surface area contributed by atoms with Crippen molar-refractivity contribution in [3.8, 4) is 6.07 Å². The minimum Gasteiger partial charge on any atom is -0.377 e. The van der Waals surface area contributed by atoms with Gasteiger partial charge in [-0.1, -0.05) is 23.7 Å². The number of nitriles is 1. The average molecular weight is 287 g/mol. The maximum Gasteiger partial charge on any atom is 0.143 e. The van der Waals surface area contributed by atoms with Crippen LogP contribution in [0.2, 0.25) is 5.02 Å². The maximum absolute atomic E-state index is 13.6. The van der Waals surface area contributed by atoms with E-state index >= 15 is 0 Å². The lowest BCUT2D eigenvalue weighted by Crippen LogP contribution is -2.09. The summed E-state index contributed by atoms with van der Waals surface area (Å²) in [5, 5.41) is 13.1. The number of halogens is 2. The zero-order chi connectivity index (χ0) is 14.1. The lowest BCUT2D eigenvalue weighted by atomic mass is 10.1. The molecule has 4 heteroatoms. The van der Waals surface area contributed by atoms with E-state index in [0.29, 0.717) is 5.69 Å². The molecule has 100 valence electrons. The van der Waals surface area contributed by atoms with Crippen LogP contribution in [-0.2, 0) is 6.42 Å². The van der Waals surface area contributed by atoms with Gasteiger partial charge in [0.05, 0.1) is 11.7 Å². The smallest absolute Gasteiger partial charge is 0.143 e. The molecule has 0 aromatic heterocycles. The van der Waals surface area contributed by atoms with E-state index in [4.69, 9.17) is 16.9 Å². The molecule has 20 heavy (non-hydrogen) atoms. The third-order valence-electron chi connectivity index (χ3n) is 3.64. The molecule has 0 radical (unpaired) electrons. The Kier molecular flexibility index (Phi) is 3.33. The Bertz CT molecular complexity index is 706. The Hall–Kier alpha value is -2.05. The van der Waals surface area contributed by atoms with Gasteiger partial charge in [-0.3, -0.25) is 0 Å². The van der Waals surface area contributed by atoms with Crippen molar-refractivity contribution >= 4 is 17.3 Å². The van der Waals surface area contributed by atoms with Crippen molar-refractivity contribution in [2.75, 3.05) is 5.32 Å². The standard InChI is InChI=1S/C16H12ClFN2/c17-11-5-6-12-10(8-11)4-7-16(12)20-15-3-1-2-14(18)13(15)9-19/h1-3,5-6,8,16,20H,4,7H2. The van der Waals surface area contributed by atoms with Gasteiger partial charge in [-0.15, -0.1) is 0 Å². The highest BCUT2D eigenvalue weighted by Gasteiger charge is 2.23. The second-order valence-electron chi connectivity index (χ2n) is 4.85. The molecule has 1 atom stereocenters. The summed E-state index contributed by atoms with van der Waals surface area (Å²) < 4.78 is 13.6. The van der Waals surface area contributed by atoms with E-state index in [-0.39, 0.29) is 11.6 Å². The predicted octanol–water partition coefficient (Wildman–Crippen LogP) is 4.45. The van der Waals surface area contributed by atoms with Crippen LogP contribution in [0, 0.1) is 17.1 Å². The lowest BCUT2D eigenvalue weighted by molar-refractivity contribution is 0.623. The van der Waals surface area contributed by atoms with Gasteiger partial charge in [-0.2, -0.15) is 5.26 Å². The van der Waals surface area contributed by atoms with Gasteiger partial charge in [-0.25, -0.2) is 4.39 Å². The molecular weight excluding hydrogens is 275 g/mol. The van der Waals surface area contributed by atoms with Gasteiger partial charge in [0, 0.05) is 5.02 Å². The normalized spacial score (nSPS) is 16.6. The Morgan fingerprint density at radius 2 is 2.15 bits per heavy atom. The summed E-state index contributed by atoms with van der Waals surface area (Å²) in [4.78, 5) is 0. The molecule has 0 saturated carbocycles. The maximum atomic E-state index is 13.6. The Labute approximate surface area is 121 Å². The summed E-state index contributed by atoms with van der Waals surface area (Å²) in [6.45, 7) is 0. The number of fused-ring (bicyclic) bond motifs is 1. The van der Waals surface area contributed by atoms with Crippen LogP contribution in [0.25, 0.3) is 0 Å². The molecule has 2 aromatic carbocycles. The second kappa shape index (κ2) is 5.15. The quantitative estimate of drug-likeness (QED) is 0.885. The van der Waals surface area contributed by atoms with Crippen LogP contribution in [0.5, 0.6) is 0 Å². The lowest BCUT2D eigenvalue weighted by Gasteiger charge is -2.16. The van der Waals surface area contributed by atoms with Crippen molar-refractivity contribution in [2.24, 2.45) is 0 Å². The average Bonchev–Trinajstić information content (AvgIpc) is 2.81. The minimum atomic E-state index is -0.494. The fourth-order valence-corrected chi connectivity index (χ4v) is 2.88. The third-order valence-corrected chi connectivity index (χ3v) is 3.87. The molecule has 0 heterocycles. The number of nitrogens with one attached hydrogen (secondary N) is 1. The van der Waals surface area contributed by atoms with Gasteiger partial charge in [0.1, 0.15) is 17.4 Å². The number of nitrogens with zero attached hydrogens (tertiary/aromatic N) is 1. The molecule has 1 unspecified atom stereocenters. The molecule has 1 N–H and O–H groups in total. The van der Waals surface area contributed by atoms with Crippen molar-refractivity contribution in [1.29, 1.82) is 5.26 Å². The second-order valence-corrected chi connectivity index (χ2v) is 5.29. The van der Waals surface area contributed by atoms with Gasteiger partial charge in [0.2, 0.25) is 0 Å². The van der Waals surface area contributed by atoms with Crippen molar-refractivity contribution in [2.45, 2.75) is 18.9 Å². The molecule has 2 nitrogen and oxygen atoms in total. The van der Waals surface area contributed by atoms with Crippen molar-refractivity contribution in [3.05, 3.63) is 63.9 Å². The molecule has 0 amide bonds. The van der Waals surface area contributed by atoms with E-state index in [1.54, 1.807) is 12.1 Å². The fourth-order valence-electron chi connectivity index (χ4n) is 2.68. The molecular formula is C16H12ClFN2. The summed E-state index contributed by atoms with van der Waals surface area (Å²) in [6.07, 6.45) is 1.85. The molecule has 3 rings (SSSR count). The van der Waals surface area contributed by atoms with Crippen molar-refractivity contribution in [3.63, 3.8) is 0 Å². The van der Waals surface area contributed by atoms with Crippen LogP contribution < -0.4 is 5.32 Å². The van der Waals surface area contributed by atoms with Gasteiger partial charge in [-0.05, 0) is 48.2 Å². The minimum absolute atomic E-state index is 0.0647. The van der Waals surface area contributed by atoms with E-state index in [1.165, 1.54) is 17.2 Å². The van der Waals surface area contributed by atoms with Gasteiger partial charge in [0.15, 0.2) is 0 Å². The topological polar surface area (TPSA) is 35.8 Å². The number of benzene rings is 2. The first-order valence-electron chi connectivity index (χ1n) is 6.42. The van der Waals surface area contributed by atoms with E-state index in [0.717, 1.165) is 17.9 Å². The van der Waals surface area contributed by atoms with Crippen LogP contribution in [0.1, 0.15) is 29.2 Å². The molecule has 0 aliphatic heterocycles. The van der Waals surface area contributed by atoms with Gasteiger partial charge in [0.25, 0.3) is 0 Å². The first-order valence-corrected chi connectivity index (χ1v) is 6.80. The summed E-state index contributed by atoms with van der Waals surface area (Å²) in [7, 11) is 0. The van der Waals surface area contributed by atoms with Crippen molar-refractivity contribution in [1.82, 2.24) is 0 Å². The van der Waals surface area contributed by atoms with Crippen LogP contribution in [0.15, 0.2) is 36.4 Å². The number of hydrogen-bond acceptors (Lipinski definition) is 2. The number of rotatable bonds is 2. The van der Waals surface area contributed by atoms with Gasteiger partial charge >= 0.3 is 0 Å². The van der Waals surface area contributed by atoms with Gasteiger partial charge < -0.3 is 5.32 Å². The number of anilines is 1. The molecule has 0 spiro atoms. The molecule has 1 aliphatic rings. The predicted molar refractivity (Wildman–Crippen MR) is 77.3 cm³/mol. The van der Waals surface area contributed by atoms with Crippen LogP contribution in [0.4, 0.5) is 10.1 Å². The molecule has 1 aliphatic carbocycles. The van der Waals surface area contributed by atoms with Crippen LogP contribution in [-0.4, -0.2) is 0 Å². The summed E-state index contributed by atoms with van der Waals surface area (Å²) in [5.74, 6) is -0.494. The zero-order valence-electron chi connectivity index (χ0n) is 10.7. The first-order chi connectivity index (χ1) is 9.69. The Balaban J connectivity index is 1.92. The Morgan fingerprint density at radius 3 is 2.95 bits per heavy atom. The highest BCUT2D eigenvalue weighted by molar-refractivity contribution is 6.30. The highest BCUT2D eigenvalue weighted by Crippen LogP contribution is 2.36. The summed E-state index contributed by atoms with van der Waals surface area (Å²) in [5.41, 5.74) is 2.99. The number of hydrogen-bond donors (Lipinski definition) is 1. The third kappa shape index (κ3) is 2.23. The van der Waals surface area contributed by atoms with E-state index in [9.17, 15) is 4.39 Å². The van der Waals surface area contributed by atoms with Crippen molar-refractivity contribution < 1.29 is 4.39 Å². The monoisotopic (exact) mass is 286 g/mol. The fraction of sp³-hybridized carbons (Fsp3) is 0.188. The van der Waals surface area contributed by atoms with Crippen LogP contribution >= 0.6 is 11.6 Å². The molecule has 0 saturated heterocycles. The highest BCUT2D eigenvalue weighted by atomic mass is 35.5. The SMILES string of the molecule is N#Cc1c(F)cccc1NC1CCc2cc(Cl)ccc21. The number of aryl methyl sites for hydroxylation is 1. The molecule has 0 bridgehead atoms. The Morgan fingerprint density at radius 1 is 1.30 bits per heavy atom. The zero-order valence-corrected chi connectivity index (χ0v) is 11.4. The summed E-state index contributed by atoms with van der Waals surface area (Å²) >= 11 is 5.99. The van der Waals surface area contributed by atoms with Crippen LogP contribution in [0.3, 0.4) is 0 Å².